The zero-order chi connectivity index (χ0) is 19.1. The smallest absolute Gasteiger partial charge is 0.303 e. The first-order chi connectivity index (χ1) is 12.4. The SMILES string of the molecule is CC(C)N1CCN(c2c(F)cc(OCCCCCC(=O)O)cc2F)CC1. The van der Waals surface area contributed by atoms with Crippen LogP contribution < -0.4 is 9.64 Å². The molecule has 0 atom stereocenters. The second kappa shape index (κ2) is 9.71. The molecule has 0 saturated carbocycles. The lowest BCUT2D eigenvalue weighted by atomic mass is 10.2. The summed E-state index contributed by atoms with van der Waals surface area (Å²) in [7, 11) is 0. The Morgan fingerprint density at radius 1 is 1.12 bits per heavy atom. The van der Waals surface area contributed by atoms with E-state index in [1.165, 1.54) is 12.1 Å². The van der Waals surface area contributed by atoms with Crippen LogP contribution in [0.4, 0.5) is 14.5 Å². The monoisotopic (exact) mass is 370 g/mol. The normalized spacial score (nSPS) is 15.5. The van der Waals surface area contributed by atoms with Crippen molar-refractivity contribution in [3.63, 3.8) is 0 Å². The zero-order valence-electron chi connectivity index (χ0n) is 15.5. The quantitative estimate of drug-likeness (QED) is 0.674. The van der Waals surface area contributed by atoms with Gasteiger partial charge >= 0.3 is 5.97 Å². The Balaban J connectivity index is 1.87. The van der Waals surface area contributed by atoms with E-state index in [0.717, 1.165) is 13.1 Å². The fourth-order valence-electron chi connectivity index (χ4n) is 3.13. The number of piperazine rings is 1. The maximum absolute atomic E-state index is 14.4. The molecule has 1 aromatic carbocycles. The van der Waals surface area contributed by atoms with Crippen LogP contribution in [0.15, 0.2) is 12.1 Å². The van der Waals surface area contributed by atoms with Gasteiger partial charge in [-0.05, 0) is 33.1 Å². The molecule has 5 nitrogen and oxygen atoms in total. The fraction of sp³-hybridized carbons (Fsp3) is 0.632. The number of hydrogen-bond donors (Lipinski definition) is 1. The lowest BCUT2D eigenvalue weighted by molar-refractivity contribution is -0.137. The van der Waals surface area contributed by atoms with Crippen molar-refractivity contribution < 1.29 is 23.4 Å². The number of carbonyl (C=O) groups is 1. The Kier molecular flexibility index (Phi) is 7.63. The van der Waals surface area contributed by atoms with E-state index in [0.29, 0.717) is 45.0 Å². The minimum absolute atomic E-state index is 0.0159. The summed E-state index contributed by atoms with van der Waals surface area (Å²) < 4.78 is 34.3. The highest BCUT2D eigenvalue weighted by atomic mass is 19.1. The van der Waals surface area contributed by atoms with E-state index < -0.39 is 17.6 Å². The summed E-state index contributed by atoms with van der Waals surface area (Å²) in [6.07, 6.45) is 2.05. The summed E-state index contributed by atoms with van der Waals surface area (Å²) in [4.78, 5) is 14.5. The molecule has 0 spiro atoms. The number of carboxylic acid groups (broad SMARTS) is 1. The third-order valence-electron chi connectivity index (χ3n) is 4.65. The van der Waals surface area contributed by atoms with Crippen molar-refractivity contribution in [1.29, 1.82) is 0 Å². The third kappa shape index (κ3) is 5.83. The van der Waals surface area contributed by atoms with E-state index in [-0.39, 0.29) is 17.9 Å². The molecule has 1 heterocycles. The number of aliphatic carboxylic acids is 1. The molecular formula is C19H28F2N2O3. The molecule has 2 rings (SSSR count). The summed E-state index contributed by atoms with van der Waals surface area (Å²) in [6.45, 7) is 7.29. The van der Waals surface area contributed by atoms with Gasteiger partial charge in [0.1, 0.15) is 11.4 Å². The van der Waals surface area contributed by atoms with Crippen molar-refractivity contribution in [2.75, 3.05) is 37.7 Å². The summed E-state index contributed by atoms with van der Waals surface area (Å²) >= 11 is 0. The molecule has 0 unspecified atom stereocenters. The second-order valence-electron chi connectivity index (χ2n) is 6.91. The van der Waals surface area contributed by atoms with Crippen molar-refractivity contribution in [1.82, 2.24) is 4.90 Å². The highest BCUT2D eigenvalue weighted by Gasteiger charge is 2.24. The van der Waals surface area contributed by atoms with Crippen LogP contribution in [-0.4, -0.2) is 54.8 Å². The highest BCUT2D eigenvalue weighted by Crippen LogP contribution is 2.29. The molecule has 146 valence electrons. The van der Waals surface area contributed by atoms with E-state index in [2.05, 4.69) is 18.7 Å². The topological polar surface area (TPSA) is 53.0 Å². The first-order valence-corrected chi connectivity index (χ1v) is 9.21. The van der Waals surface area contributed by atoms with Crippen molar-refractivity contribution in [2.45, 2.75) is 45.6 Å². The number of hydrogen-bond acceptors (Lipinski definition) is 4. The Morgan fingerprint density at radius 2 is 1.73 bits per heavy atom. The Hall–Kier alpha value is -1.89. The largest absolute Gasteiger partial charge is 0.493 e. The molecule has 0 aromatic heterocycles. The van der Waals surface area contributed by atoms with E-state index >= 15 is 0 Å². The molecule has 1 saturated heterocycles. The lowest BCUT2D eigenvalue weighted by Crippen LogP contribution is -2.49. The summed E-state index contributed by atoms with van der Waals surface area (Å²) in [5.74, 6) is -1.87. The highest BCUT2D eigenvalue weighted by molar-refractivity contribution is 5.66. The molecule has 1 aliphatic heterocycles. The van der Waals surface area contributed by atoms with Gasteiger partial charge in [-0.25, -0.2) is 8.78 Å². The van der Waals surface area contributed by atoms with Gasteiger partial charge in [0.25, 0.3) is 0 Å². The zero-order valence-corrected chi connectivity index (χ0v) is 15.5. The lowest BCUT2D eigenvalue weighted by Gasteiger charge is -2.38. The van der Waals surface area contributed by atoms with Gasteiger partial charge in [0.05, 0.1) is 6.61 Å². The minimum Gasteiger partial charge on any atom is -0.493 e. The molecule has 7 heteroatoms. The maximum Gasteiger partial charge on any atom is 0.303 e. The second-order valence-corrected chi connectivity index (χ2v) is 6.91. The van der Waals surface area contributed by atoms with Crippen LogP contribution in [0.1, 0.15) is 39.5 Å². The molecule has 1 aliphatic rings. The van der Waals surface area contributed by atoms with Crippen LogP contribution in [0.2, 0.25) is 0 Å². The predicted molar refractivity (Wildman–Crippen MR) is 96.9 cm³/mol. The minimum atomic E-state index is -0.820. The maximum atomic E-state index is 14.4. The molecule has 0 aliphatic carbocycles. The Bertz CT molecular complexity index is 579. The first-order valence-electron chi connectivity index (χ1n) is 9.21. The number of ether oxygens (including phenoxy) is 1. The average molecular weight is 370 g/mol. The number of nitrogens with zero attached hydrogens (tertiary/aromatic N) is 2. The van der Waals surface area contributed by atoms with E-state index in [9.17, 15) is 13.6 Å². The summed E-state index contributed by atoms with van der Waals surface area (Å²) in [5, 5.41) is 8.56. The van der Waals surface area contributed by atoms with Gasteiger partial charge in [-0.2, -0.15) is 0 Å². The number of halogens is 2. The number of benzene rings is 1. The Labute approximate surface area is 153 Å². The van der Waals surface area contributed by atoms with Gasteiger partial charge in [-0.3, -0.25) is 9.69 Å². The number of carboxylic acids is 1. The number of unbranched alkanes of at least 4 members (excludes halogenated alkanes) is 2. The van der Waals surface area contributed by atoms with E-state index in [1.54, 1.807) is 4.90 Å². The standard InChI is InChI=1S/C19H28F2N2O3/c1-14(2)22-7-9-23(10-8-22)19-16(20)12-15(13-17(19)21)26-11-5-3-4-6-18(24)25/h12-14H,3-11H2,1-2H3,(H,24,25). The predicted octanol–water partition coefficient (Wildman–Crippen LogP) is 3.52. The fourth-order valence-corrected chi connectivity index (χ4v) is 3.13. The molecule has 26 heavy (non-hydrogen) atoms. The van der Waals surface area contributed by atoms with Crippen LogP contribution >= 0.6 is 0 Å². The number of rotatable bonds is 9. The van der Waals surface area contributed by atoms with Gasteiger partial charge in [0.2, 0.25) is 0 Å². The van der Waals surface area contributed by atoms with Crippen LogP contribution in [-0.2, 0) is 4.79 Å². The van der Waals surface area contributed by atoms with Crippen molar-refractivity contribution in [3.05, 3.63) is 23.8 Å². The van der Waals surface area contributed by atoms with E-state index in [4.69, 9.17) is 9.84 Å². The molecule has 0 bridgehead atoms. The van der Waals surface area contributed by atoms with Gasteiger partial charge in [0, 0.05) is 50.8 Å². The molecular weight excluding hydrogens is 342 g/mol. The van der Waals surface area contributed by atoms with E-state index in [1.807, 2.05) is 0 Å². The van der Waals surface area contributed by atoms with Gasteiger partial charge in [-0.1, -0.05) is 0 Å². The van der Waals surface area contributed by atoms with Crippen molar-refractivity contribution >= 4 is 11.7 Å². The molecule has 1 N–H and O–H groups in total. The van der Waals surface area contributed by atoms with Crippen molar-refractivity contribution in [2.24, 2.45) is 0 Å². The summed E-state index contributed by atoms with van der Waals surface area (Å²) in [5.41, 5.74) is 0.0159. The first kappa shape index (κ1) is 20.4. The van der Waals surface area contributed by atoms with Crippen LogP contribution in [0.25, 0.3) is 0 Å². The molecule has 1 aromatic rings. The molecule has 0 amide bonds. The van der Waals surface area contributed by atoms with Crippen LogP contribution in [0.3, 0.4) is 0 Å². The van der Waals surface area contributed by atoms with Crippen LogP contribution in [0, 0.1) is 11.6 Å². The van der Waals surface area contributed by atoms with Crippen LogP contribution in [0.5, 0.6) is 5.75 Å². The summed E-state index contributed by atoms with van der Waals surface area (Å²) in [6, 6.07) is 2.88. The van der Waals surface area contributed by atoms with Crippen molar-refractivity contribution in [3.8, 4) is 5.75 Å². The molecule has 0 radical (unpaired) electrons. The van der Waals surface area contributed by atoms with Gasteiger partial charge < -0.3 is 14.7 Å². The Morgan fingerprint density at radius 3 is 2.27 bits per heavy atom. The molecule has 1 fully saturated rings. The average Bonchev–Trinajstić information content (AvgIpc) is 2.57. The van der Waals surface area contributed by atoms with Gasteiger partial charge in [0.15, 0.2) is 11.6 Å². The third-order valence-corrected chi connectivity index (χ3v) is 4.65. The number of anilines is 1. The van der Waals surface area contributed by atoms with Gasteiger partial charge in [-0.15, -0.1) is 0 Å².